The van der Waals surface area contributed by atoms with Gasteiger partial charge in [0.2, 0.25) is 0 Å². The molecule has 0 bridgehead atoms. The molecule has 0 atom stereocenters. The van der Waals surface area contributed by atoms with Gasteiger partial charge in [-0.2, -0.15) is 0 Å². The first-order valence-electron chi connectivity index (χ1n) is 5.51. The molecule has 0 spiro atoms. The normalized spacial score (nSPS) is 28.8. The van der Waals surface area contributed by atoms with Crippen molar-refractivity contribution in [3.05, 3.63) is 61.0 Å². The van der Waals surface area contributed by atoms with Crippen LogP contribution < -0.4 is 5.32 Å². The van der Waals surface area contributed by atoms with E-state index < -0.39 is 0 Å². The molecule has 0 radical (unpaired) electrons. The van der Waals surface area contributed by atoms with Crippen molar-refractivity contribution < 1.29 is 0 Å². The maximum atomic E-state index is 3.11. The molecule has 0 aliphatic carbocycles. The second kappa shape index (κ2) is 9.07. The highest BCUT2D eigenvalue weighted by atomic mass is 14.8. The molecule has 0 amide bonds. The Hall–Kier alpha value is -1.50. The van der Waals surface area contributed by atoms with E-state index in [0.29, 0.717) is 0 Å². The lowest BCUT2D eigenvalue weighted by atomic mass is 10.2. The van der Waals surface area contributed by atoms with E-state index >= 15 is 0 Å². The van der Waals surface area contributed by atoms with Crippen LogP contribution in [0.2, 0.25) is 0 Å². The van der Waals surface area contributed by atoms with Crippen LogP contribution in [0.4, 0.5) is 0 Å². The van der Waals surface area contributed by atoms with E-state index in [0.717, 1.165) is 25.7 Å². The smallest absolute Gasteiger partial charge is 0.00326 e. The average molecular weight is 201 g/mol. The van der Waals surface area contributed by atoms with Gasteiger partial charge in [0.1, 0.15) is 0 Å². The van der Waals surface area contributed by atoms with Crippen LogP contribution >= 0.6 is 0 Å². The molecule has 0 aromatic heterocycles. The summed E-state index contributed by atoms with van der Waals surface area (Å²) in [5.74, 6) is 0. The van der Waals surface area contributed by atoms with Crippen molar-refractivity contribution in [2.24, 2.45) is 0 Å². The molecule has 1 aliphatic rings. The van der Waals surface area contributed by atoms with Crippen LogP contribution in [0, 0.1) is 0 Å². The van der Waals surface area contributed by atoms with Gasteiger partial charge in [0.15, 0.2) is 0 Å². The van der Waals surface area contributed by atoms with Gasteiger partial charge >= 0.3 is 0 Å². The van der Waals surface area contributed by atoms with E-state index in [1.807, 2.05) is 12.4 Å². The fourth-order valence-corrected chi connectivity index (χ4v) is 1.22. The molecular weight excluding hydrogens is 182 g/mol. The van der Waals surface area contributed by atoms with Crippen LogP contribution in [0.1, 0.15) is 25.7 Å². The Labute approximate surface area is 92.6 Å². The second-order valence-electron chi connectivity index (χ2n) is 3.33. The van der Waals surface area contributed by atoms with Crippen molar-refractivity contribution in [1.29, 1.82) is 0 Å². The summed E-state index contributed by atoms with van der Waals surface area (Å²) >= 11 is 0. The average Bonchev–Trinajstić information content (AvgIpc) is 2.27. The third-order valence-electron chi connectivity index (χ3n) is 2.02. The molecule has 15 heavy (non-hydrogen) atoms. The van der Waals surface area contributed by atoms with Gasteiger partial charge in [-0.3, -0.25) is 0 Å². The van der Waals surface area contributed by atoms with Crippen molar-refractivity contribution in [1.82, 2.24) is 5.32 Å². The number of rotatable bonds is 0. The molecule has 80 valence electrons. The SMILES string of the molecule is C1=C\C/C=C\N/C=C\C/C=C/C/C=C\C/1. The highest BCUT2D eigenvalue weighted by molar-refractivity contribution is 5.02. The fourth-order valence-electron chi connectivity index (χ4n) is 1.22. The zero-order valence-corrected chi connectivity index (χ0v) is 9.10. The third kappa shape index (κ3) is 7.56. The number of hydrogen-bond acceptors (Lipinski definition) is 1. The summed E-state index contributed by atoms with van der Waals surface area (Å²) in [5.41, 5.74) is 0. The predicted molar refractivity (Wildman–Crippen MR) is 67.3 cm³/mol. The highest BCUT2D eigenvalue weighted by Crippen LogP contribution is 1.95. The molecular formula is C14H19N. The van der Waals surface area contributed by atoms with Crippen LogP contribution in [0.3, 0.4) is 0 Å². The quantitative estimate of drug-likeness (QED) is 0.587. The lowest BCUT2D eigenvalue weighted by Crippen LogP contribution is -1.90. The number of hydrogen-bond donors (Lipinski definition) is 1. The minimum atomic E-state index is 0.993. The van der Waals surface area contributed by atoms with Crippen LogP contribution in [-0.4, -0.2) is 0 Å². The van der Waals surface area contributed by atoms with Gasteiger partial charge < -0.3 is 5.32 Å². The summed E-state index contributed by atoms with van der Waals surface area (Å²) in [4.78, 5) is 0. The Morgan fingerprint density at radius 1 is 0.467 bits per heavy atom. The van der Waals surface area contributed by atoms with Gasteiger partial charge in [0, 0.05) is 0 Å². The van der Waals surface area contributed by atoms with Crippen LogP contribution in [0.5, 0.6) is 0 Å². The highest BCUT2D eigenvalue weighted by Gasteiger charge is 1.76. The molecule has 0 saturated carbocycles. The van der Waals surface area contributed by atoms with Crippen molar-refractivity contribution in [3.8, 4) is 0 Å². The lowest BCUT2D eigenvalue weighted by Gasteiger charge is -1.88. The van der Waals surface area contributed by atoms with E-state index in [1.165, 1.54) is 0 Å². The van der Waals surface area contributed by atoms with Crippen molar-refractivity contribution in [2.45, 2.75) is 25.7 Å². The molecule has 0 aromatic carbocycles. The van der Waals surface area contributed by atoms with Crippen molar-refractivity contribution in [2.75, 3.05) is 0 Å². The molecule has 1 heterocycles. The Balaban J connectivity index is 2.41. The summed E-state index contributed by atoms with van der Waals surface area (Å²) in [7, 11) is 0. The minimum absolute atomic E-state index is 0.993. The maximum Gasteiger partial charge on any atom is -0.00326 e. The van der Waals surface area contributed by atoms with Crippen LogP contribution in [0.25, 0.3) is 0 Å². The first kappa shape index (κ1) is 11.6. The van der Waals surface area contributed by atoms with E-state index in [-0.39, 0.29) is 0 Å². The second-order valence-corrected chi connectivity index (χ2v) is 3.33. The minimum Gasteiger partial charge on any atom is -0.368 e. The van der Waals surface area contributed by atoms with Crippen molar-refractivity contribution in [3.63, 3.8) is 0 Å². The van der Waals surface area contributed by atoms with Gasteiger partial charge in [-0.15, -0.1) is 0 Å². The summed E-state index contributed by atoms with van der Waals surface area (Å²) in [5, 5.41) is 3.11. The molecule has 0 saturated heterocycles. The van der Waals surface area contributed by atoms with Gasteiger partial charge in [-0.25, -0.2) is 0 Å². The summed E-state index contributed by atoms with van der Waals surface area (Å²) in [6.45, 7) is 0. The first-order valence-corrected chi connectivity index (χ1v) is 5.51. The van der Waals surface area contributed by atoms with Crippen LogP contribution in [0.15, 0.2) is 61.0 Å². The fraction of sp³-hybridized carbons (Fsp3) is 0.286. The molecule has 0 aromatic rings. The zero-order valence-electron chi connectivity index (χ0n) is 9.10. The molecule has 1 aliphatic heterocycles. The predicted octanol–water partition coefficient (Wildman–Crippen LogP) is 3.85. The first-order chi connectivity index (χ1) is 7.50. The molecule has 1 N–H and O–H groups in total. The van der Waals surface area contributed by atoms with E-state index in [9.17, 15) is 0 Å². The molecule has 0 fully saturated rings. The Kier molecular flexibility index (Phi) is 7.00. The van der Waals surface area contributed by atoms with Gasteiger partial charge in [0.05, 0.1) is 0 Å². The Bertz CT molecular complexity index is 190. The van der Waals surface area contributed by atoms with E-state index in [1.54, 1.807) is 0 Å². The van der Waals surface area contributed by atoms with Gasteiger partial charge in [0.25, 0.3) is 0 Å². The molecule has 1 rings (SSSR count). The van der Waals surface area contributed by atoms with Crippen LogP contribution in [-0.2, 0) is 0 Å². The summed E-state index contributed by atoms with van der Waals surface area (Å²) < 4.78 is 0. The Morgan fingerprint density at radius 2 is 0.800 bits per heavy atom. The zero-order chi connectivity index (χ0) is 10.6. The lowest BCUT2D eigenvalue weighted by molar-refractivity contribution is 1.15. The van der Waals surface area contributed by atoms with Gasteiger partial charge in [-0.05, 0) is 38.1 Å². The van der Waals surface area contributed by atoms with E-state index in [2.05, 4.69) is 53.9 Å². The molecule has 1 heteroatoms. The topological polar surface area (TPSA) is 12.0 Å². The maximum absolute atomic E-state index is 3.11. The van der Waals surface area contributed by atoms with Gasteiger partial charge in [-0.1, -0.05) is 48.6 Å². The third-order valence-corrected chi connectivity index (χ3v) is 2.02. The largest absolute Gasteiger partial charge is 0.368 e. The standard InChI is InChI=1S/C14H19N/c1-2-4-6-8-10-12-14-15-13-11-9-7-5-3-1/h1-2,5-8,11-15H,3-4,9-10H2/b2-1-,7-5-,8-6+,13-11-,14-12-. The summed E-state index contributed by atoms with van der Waals surface area (Å²) in [6, 6.07) is 0. The Morgan fingerprint density at radius 3 is 1.20 bits per heavy atom. The van der Waals surface area contributed by atoms with Crippen molar-refractivity contribution >= 4 is 0 Å². The monoisotopic (exact) mass is 201 g/mol. The molecule has 1 nitrogen and oxygen atoms in total. The molecule has 0 unspecified atom stereocenters. The number of nitrogens with one attached hydrogen (secondary N) is 1. The summed E-state index contributed by atoms with van der Waals surface area (Å²) in [6.07, 6.45) is 25.4. The van der Waals surface area contributed by atoms with E-state index in [4.69, 9.17) is 0 Å². The number of allylic oxidation sites excluding steroid dienone is 8.